The smallest absolute Gasteiger partial charge is 0.326 e. The van der Waals surface area contributed by atoms with Crippen molar-refractivity contribution in [1.82, 2.24) is 36.8 Å². The van der Waals surface area contributed by atoms with Gasteiger partial charge in [-0.1, -0.05) is 68.4 Å². The fourth-order valence-corrected chi connectivity index (χ4v) is 6.89. The lowest BCUT2D eigenvalue weighted by Gasteiger charge is -2.32. The predicted molar refractivity (Wildman–Crippen MR) is 226 cm³/mol. The zero-order chi connectivity index (χ0) is 45.3. The maximum atomic E-state index is 14.2. The highest BCUT2D eigenvalue weighted by Gasteiger charge is 2.36. The molecule has 1 heterocycles. The van der Waals surface area contributed by atoms with Crippen LogP contribution >= 0.6 is 0 Å². The average molecular weight is 860 g/mol. The number of hydrogen-bond donors (Lipinski definition) is 10. The van der Waals surface area contributed by atoms with E-state index in [2.05, 4.69) is 31.9 Å². The highest BCUT2D eigenvalue weighted by atomic mass is 16.4. The highest BCUT2D eigenvalue weighted by Crippen LogP contribution is 2.16. The molecule has 62 heavy (non-hydrogen) atoms. The van der Waals surface area contributed by atoms with Crippen molar-refractivity contribution in [1.29, 1.82) is 0 Å². The maximum absolute atomic E-state index is 14.2. The zero-order valence-electron chi connectivity index (χ0n) is 35.0. The van der Waals surface area contributed by atoms with E-state index < -0.39 is 90.3 Å². The van der Waals surface area contributed by atoms with E-state index in [0.717, 1.165) is 10.5 Å². The van der Waals surface area contributed by atoms with Crippen LogP contribution in [0.15, 0.2) is 78.9 Å². The molecule has 334 valence electrons. The molecular formula is C44H57N7O11. The number of phenols is 2. The van der Waals surface area contributed by atoms with Gasteiger partial charge in [0.25, 0.3) is 0 Å². The Morgan fingerprint density at radius 3 is 1.97 bits per heavy atom. The van der Waals surface area contributed by atoms with Crippen LogP contribution < -0.4 is 31.9 Å². The molecule has 18 heteroatoms. The molecule has 0 radical (unpaired) electrons. The number of carboxylic acid groups (broad SMARTS) is 1. The lowest BCUT2D eigenvalue weighted by molar-refractivity contribution is -0.144. The molecule has 0 bridgehead atoms. The van der Waals surface area contributed by atoms with Crippen LogP contribution in [0.2, 0.25) is 0 Å². The van der Waals surface area contributed by atoms with E-state index in [1.807, 2.05) is 0 Å². The Bertz CT molecular complexity index is 2000. The van der Waals surface area contributed by atoms with Gasteiger partial charge >= 0.3 is 12.0 Å². The van der Waals surface area contributed by atoms with Crippen molar-refractivity contribution in [3.8, 4) is 11.5 Å². The van der Waals surface area contributed by atoms with Crippen molar-refractivity contribution < 1.29 is 54.0 Å². The quantitative estimate of drug-likeness (QED) is 0.122. The zero-order valence-corrected chi connectivity index (χ0v) is 35.0. The number of nitrogens with one attached hydrogen (secondary N) is 6. The number of nitrogens with zero attached hydrogens (tertiary/aromatic N) is 1. The Morgan fingerprint density at radius 2 is 1.37 bits per heavy atom. The van der Waals surface area contributed by atoms with Crippen molar-refractivity contribution in [3.05, 3.63) is 95.6 Å². The van der Waals surface area contributed by atoms with E-state index >= 15 is 0 Å². The molecule has 0 aromatic heterocycles. The van der Waals surface area contributed by atoms with Gasteiger partial charge in [-0.05, 0) is 79.0 Å². The monoisotopic (exact) mass is 859 g/mol. The van der Waals surface area contributed by atoms with E-state index in [9.17, 15) is 54.0 Å². The molecule has 18 nitrogen and oxygen atoms in total. The van der Waals surface area contributed by atoms with Crippen molar-refractivity contribution in [2.75, 3.05) is 20.2 Å². The first-order chi connectivity index (χ1) is 29.6. The van der Waals surface area contributed by atoms with Crippen LogP contribution in [0, 0.1) is 5.92 Å². The largest absolute Gasteiger partial charge is 0.508 e. The summed E-state index contributed by atoms with van der Waals surface area (Å²) in [5.41, 5.74) is 1.94. The molecule has 1 fully saturated rings. The number of carboxylic acids is 1. The number of aliphatic carboxylic acids is 1. The number of aryl methyl sites for hydroxylation is 1. The first-order valence-electron chi connectivity index (χ1n) is 20.5. The number of urea groups is 1. The van der Waals surface area contributed by atoms with Gasteiger partial charge in [0, 0.05) is 26.4 Å². The van der Waals surface area contributed by atoms with Crippen LogP contribution in [-0.2, 0) is 48.0 Å². The Labute approximate surface area is 359 Å². The van der Waals surface area contributed by atoms with Crippen molar-refractivity contribution in [2.24, 2.45) is 5.92 Å². The number of carbonyl (C=O) groups is 7. The molecule has 0 spiro atoms. The van der Waals surface area contributed by atoms with E-state index in [-0.39, 0.29) is 56.6 Å². The third-order valence-corrected chi connectivity index (χ3v) is 10.5. The van der Waals surface area contributed by atoms with Gasteiger partial charge in [-0.25, -0.2) is 9.59 Å². The average Bonchev–Trinajstić information content (AvgIpc) is 3.24. The molecule has 0 aliphatic carbocycles. The Balaban J connectivity index is 1.65. The molecule has 10 N–H and O–H groups in total. The van der Waals surface area contributed by atoms with Gasteiger partial charge in [-0.2, -0.15) is 0 Å². The second-order valence-electron chi connectivity index (χ2n) is 15.6. The summed E-state index contributed by atoms with van der Waals surface area (Å²) in [7, 11) is 1.29. The van der Waals surface area contributed by atoms with Gasteiger partial charge in [0.2, 0.25) is 29.5 Å². The standard InChI is InChI=1S/C44H57N7O11/c1-26(2)37-41(58)46-33(21-16-27-12-17-30(53)18-13-27)42(59)51(3)36(25-52)40(57)47-34(23-28-9-5-4-6-10-28)38(55)45-22-8-7-11-32(39(56)50-37)48-44(62)49-35(43(60)61)24-29-14-19-31(54)20-15-29/h4-6,9-10,12-15,17-20,26,32-37,52-54H,7-8,11,16,21-25H2,1-3H3,(H,45,55)(H,46,58)(H,47,57)(H,50,56)(H,60,61)(H2,48,49,62)/t32-,33+,34+,35+,36+,37-/m1/s1. The SMILES string of the molecule is CC(C)[C@H]1NC(=O)[C@H](NC(=O)N[C@@H](Cc2ccc(O)cc2)C(=O)O)CCCCNC(=O)[C@H](Cc2ccccc2)NC(=O)[C@H](CO)N(C)C(=O)[C@H](CCc2ccc(O)cc2)NC1=O. The number of likely N-dealkylation sites (N-methyl/N-ethyl adjacent to an activating group) is 1. The van der Waals surface area contributed by atoms with Crippen molar-refractivity contribution >= 4 is 41.5 Å². The first-order valence-corrected chi connectivity index (χ1v) is 20.5. The topological polar surface area (TPSA) is 276 Å². The van der Waals surface area contributed by atoms with Crippen LogP contribution in [-0.4, -0.2) is 123 Å². The maximum Gasteiger partial charge on any atom is 0.326 e. The highest BCUT2D eigenvalue weighted by molar-refractivity contribution is 5.96. The lowest BCUT2D eigenvalue weighted by atomic mass is 9.99. The van der Waals surface area contributed by atoms with Crippen LogP contribution in [0.25, 0.3) is 0 Å². The van der Waals surface area contributed by atoms with Crippen molar-refractivity contribution in [2.45, 2.75) is 95.0 Å². The summed E-state index contributed by atoms with van der Waals surface area (Å²) >= 11 is 0. The van der Waals surface area contributed by atoms with Crippen LogP contribution in [0.3, 0.4) is 0 Å². The second kappa shape index (κ2) is 23.3. The second-order valence-corrected chi connectivity index (χ2v) is 15.6. The van der Waals surface area contributed by atoms with Gasteiger partial charge in [0.15, 0.2) is 0 Å². The Hall–Kier alpha value is -6.69. The molecule has 1 aliphatic heterocycles. The van der Waals surface area contributed by atoms with E-state index in [1.165, 1.54) is 43.4 Å². The molecule has 7 amide bonds. The lowest BCUT2D eigenvalue weighted by Crippen LogP contribution is -2.61. The third-order valence-electron chi connectivity index (χ3n) is 10.5. The number of rotatable bonds is 12. The van der Waals surface area contributed by atoms with E-state index in [1.54, 1.807) is 56.3 Å². The number of phenolic OH excluding ortho intramolecular Hbond substituents is 2. The summed E-state index contributed by atoms with van der Waals surface area (Å²) in [6, 6.07) is 12.1. The van der Waals surface area contributed by atoms with Gasteiger partial charge in [-0.3, -0.25) is 24.0 Å². The summed E-state index contributed by atoms with van der Waals surface area (Å²) < 4.78 is 0. The molecule has 3 aromatic carbocycles. The first kappa shape index (κ1) is 48.0. The minimum absolute atomic E-state index is 0.00183. The number of aliphatic hydroxyl groups is 1. The van der Waals surface area contributed by atoms with Crippen molar-refractivity contribution in [3.63, 3.8) is 0 Å². The summed E-state index contributed by atoms with van der Waals surface area (Å²) in [6.45, 7) is 2.60. The summed E-state index contributed by atoms with van der Waals surface area (Å²) in [4.78, 5) is 96.2. The molecule has 0 saturated carbocycles. The number of aromatic hydroxyl groups is 2. The van der Waals surface area contributed by atoms with E-state index in [4.69, 9.17) is 0 Å². The number of carbonyl (C=O) groups excluding carboxylic acids is 6. The molecule has 4 rings (SSSR count). The number of amides is 7. The molecule has 1 saturated heterocycles. The molecule has 6 atom stereocenters. The Morgan fingerprint density at radius 1 is 0.758 bits per heavy atom. The minimum atomic E-state index is -1.47. The number of benzene rings is 3. The van der Waals surface area contributed by atoms with Crippen LogP contribution in [0.4, 0.5) is 4.79 Å². The van der Waals surface area contributed by atoms with Gasteiger partial charge in [-0.15, -0.1) is 0 Å². The molecule has 3 aromatic rings. The molecular weight excluding hydrogens is 803 g/mol. The minimum Gasteiger partial charge on any atom is -0.508 e. The summed E-state index contributed by atoms with van der Waals surface area (Å²) in [6.07, 6.45) is 0.715. The third kappa shape index (κ3) is 14.5. The summed E-state index contributed by atoms with van der Waals surface area (Å²) in [5.74, 6) is -5.54. The predicted octanol–water partition coefficient (Wildman–Crippen LogP) is 0.867. The number of aliphatic hydroxyl groups excluding tert-OH is 1. The van der Waals surface area contributed by atoms with Gasteiger partial charge < -0.3 is 57.2 Å². The fourth-order valence-electron chi connectivity index (χ4n) is 6.89. The normalized spacial score (nSPS) is 21.5. The number of hydrogen-bond acceptors (Lipinski definition) is 10. The fraction of sp³-hybridized carbons (Fsp3) is 0.432. The van der Waals surface area contributed by atoms with E-state index in [0.29, 0.717) is 17.5 Å². The van der Waals surface area contributed by atoms with Gasteiger partial charge in [0.05, 0.1) is 6.61 Å². The van der Waals surface area contributed by atoms with Crippen LogP contribution in [0.5, 0.6) is 11.5 Å². The van der Waals surface area contributed by atoms with Crippen LogP contribution in [0.1, 0.15) is 56.2 Å². The van der Waals surface area contributed by atoms with Gasteiger partial charge in [0.1, 0.15) is 47.8 Å². The molecule has 1 aliphatic rings. The summed E-state index contributed by atoms with van der Waals surface area (Å²) in [5, 5.41) is 55.6. The Kier molecular flexibility index (Phi) is 18.1. The molecule has 0 unspecified atom stereocenters.